The van der Waals surface area contributed by atoms with Gasteiger partial charge in [-0.25, -0.2) is 8.42 Å². The van der Waals surface area contributed by atoms with E-state index in [4.69, 9.17) is 11.6 Å². The van der Waals surface area contributed by atoms with E-state index in [0.717, 1.165) is 16.3 Å². The summed E-state index contributed by atoms with van der Waals surface area (Å²) in [7, 11) is -4.11. The number of anilines is 1. The van der Waals surface area contributed by atoms with E-state index in [1.54, 1.807) is 42.5 Å². The van der Waals surface area contributed by atoms with Crippen molar-refractivity contribution in [3.8, 4) is 0 Å². The minimum absolute atomic E-state index is 0.0582. The van der Waals surface area contributed by atoms with Crippen LogP contribution in [0.2, 0.25) is 5.02 Å². The molecule has 0 radical (unpaired) electrons. The summed E-state index contributed by atoms with van der Waals surface area (Å²) in [5, 5.41) is 3.34. The molecule has 0 aliphatic heterocycles. The molecule has 9 heteroatoms. The average molecular weight is 570 g/mol. The number of rotatable bonds is 12. The van der Waals surface area contributed by atoms with E-state index in [1.165, 1.54) is 17.0 Å². The third kappa shape index (κ3) is 7.40. The Morgan fingerprint density at radius 2 is 1.62 bits per heavy atom. The van der Waals surface area contributed by atoms with Gasteiger partial charge in [0.05, 0.1) is 10.6 Å². The molecule has 3 rings (SSSR count). The zero-order valence-corrected chi connectivity index (χ0v) is 24.4. The number of carbonyl (C=O) groups is 2. The zero-order chi connectivity index (χ0) is 28.6. The molecule has 0 aliphatic rings. The lowest BCUT2D eigenvalue weighted by molar-refractivity contribution is -0.140. The van der Waals surface area contributed by atoms with E-state index in [1.807, 2.05) is 45.9 Å². The van der Waals surface area contributed by atoms with Crippen LogP contribution in [0.4, 0.5) is 5.69 Å². The predicted octanol–water partition coefficient (Wildman–Crippen LogP) is 5.49. The maximum atomic E-state index is 14.1. The number of carbonyl (C=O) groups excluding carboxylic acids is 2. The Hall–Kier alpha value is -3.36. The highest BCUT2D eigenvalue weighted by molar-refractivity contribution is 7.92. The Morgan fingerprint density at radius 1 is 0.949 bits per heavy atom. The van der Waals surface area contributed by atoms with Crippen molar-refractivity contribution in [1.29, 1.82) is 0 Å². The monoisotopic (exact) mass is 569 g/mol. The van der Waals surface area contributed by atoms with Crippen LogP contribution >= 0.6 is 11.6 Å². The van der Waals surface area contributed by atoms with Gasteiger partial charge in [0, 0.05) is 18.1 Å². The van der Waals surface area contributed by atoms with E-state index in [-0.39, 0.29) is 17.3 Å². The lowest BCUT2D eigenvalue weighted by Gasteiger charge is -2.33. The van der Waals surface area contributed by atoms with Gasteiger partial charge in [0.1, 0.15) is 12.6 Å². The van der Waals surface area contributed by atoms with Crippen molar-refractivity contribution in [1.82, 2.24) is 10.2 Å². The Morgan fingerprint density at radius 3 is 2.23 bits per heavy atom. The predicted molar refractivity (Wildman–Crippen MR) is 156 cm³/mol. The van der Waals surface area contributed by atoms with E-state index in [2.05, 4.69) is 5.32 Å². The minimum Gasteiger partial charge on any atom is -0.354 e. The number of amides is 2. The van der Waals surface area contributed by atoms with Crippen LogP contribution in [0.15, 0.2) is 77.7 Å². The maximum absolute atomic E-state index is 14.1. The Bertz CT molecular complexity index is 1400. The van der Waals surface area contributed by atoms with Crippen molar-refractivity contribution in [2.45, 2.75) is 58.0 Å². The molecule has 0 spiro atoms. The van der Waals surface area contributed by atoms with Crippen LogP contribution in [-0.4, -0.2) is 44.3 Å². The molecule has 3 aromatic rings. The number of nitrogens with zero attached hydrogens (tertiary/aromatic N) is 2. The molecular formula is C30H36ClN3O4S. The molecular weight excluding hydrogens is 534 g/mol. The summed E-state index contributed by atoms with van der Waals surface area (Å²) in [5.41, 5.74) is 2.75. The summed E-state index contributed by atoms with van der Waals surface area (Å²) >= 11 is 6.43. The fraction of sp³-hybridized carbons (Fsp3) is 0.333. The normalized spacial score (nSPS) is 12.0. The van der Waals surface area contributed by atoms with Crippen LogP contribution in [-0.2, 0) is 26.2 Å². The Kier molecular flexibility index (Phi) is 10.5. The van der Waals surface area contributed by atoms with Gasteiger partial charge in [-0.15, -0.1) is 0 Å². The van der Waals surface area contributed by atoms with E-state index < -0.39 is 28.5 Å². The van der Waals surface area contributed by atoms with E-state index >= 15 is 0 Å². The molecule has 3 aromatic carbocycles. The van der Waals surface area contributed by atoms with Gasteiger partial charge in [0.25, 0.3) is 10.0 Å². The van der Waals surface area contributed by atoms with Gasteiger partial charge in [-0.05, 0) is 62.1 Å². The van der Waals surface area contributed by atoms with Gasteiger partial charge >= 0.3 is 0 Å². The summed E-state index contributed by atoms with van der Waals surface area (Å²) in [6, 6.07) is 19.7. The first-order chi connectivity index (χ1) is 18.6. The van der Waals surface area contributed by atoms with Gasteiger partial charge < -0.3 is 10.2 Å². The molecule has 0 fully saturated rings. The van der Waals surface area contributed by atoms with Crippen LogP contribution in [0.1, 0.15) is 43.4 Å². The smallest absolute Gasteiger partial charge is 0.264 e. The lowest BCUT2D eigenvalue weighted by atomic mass is 10.1. The first-order valence-electron chi connectivity index (χ1n) is 13.1. The van der Waals surface area contributed by atoms with E-state index in [9.17, 15) is 18.0 Å². The van der Waals surface area contributed by atoms with Gasteiger partial charge in [-0.3, -0.25) is 13.9 Å². The minimum atomic E-state index is -4.11. The number of halogens is 1. The van der Waals surface area contributed by atoms with Crippen molar-refractivity contribution >= 4 is 39.1 Å². The molecule has 39 heavy (non-hydrogen) atoms. The average Bonchev–Trinajstić information content (AvgIpc) is 2.92. The molecule has 1 N–H and O–H groups in total. The molecule has 208 valence electrons. The second-order valence-electron chi connectivity index (χ2n) is 9.44. The number of hydrogen-bond donors (Lipinski definition) is 1. The molecule has 0 saturated carbocycles. The Labute approximate surface area is 236 Å². The van der Waals surface area contributed by atoms with Crippen molar-refractivity contribution in [2.24, 2.45) is 0 Å². The third-order valence-corrected chi connectivity index (χ3v) is 8.61. The highest BCUT2D eigenvalue weighted by Gasteiger charge is 2.34. The van der Waals surface area contributed by atoms with Crippen LogP contribution in [0.5, 0.6) is 0 Å². The highest BCUT2D eigenvalue weighted by Crippen LogP contribution is 2.28. The second kappa shape index (κ2) is 13.6. The van der Waals surface area contributed by atoms with Crippen LogP contribution < -0.4 is 9.62 Å². The summed E-state index contributed by atoms with van der Waals surface area (Å²) < 4.78 is 29.0. The summed E-state index contributed by atoms with van der Waals surface area (Å²) in [4.78, 5) is 28.7. The SMILES string of the molecule is CCCNC(=O)[C@H](CC)N(Cc1ccccc1Cl)C(=O)CN(c1ccc(C)cc1C)S(=O)(=O)c1ccccc1. The van der Waals surface area contributed by atoms with Crippen molar-refractivity contribution in [3.05, 3.63) is 94.5 Å². The Balaban J connectivity index is 2.08. The molecule has 0 unspecified atom stereocenters. The second-order valence-corrected chi connectivity index (χ2v) is 11.7. The molecule has 2 amide bonds. The number of benzene rings is 3. The van der Waals surface area contributed by atoms with Crippen LogP contribution in [0.3, 0.4) is 0 Å². The zero-order valence-electron chi connectivity index (χ0n) is 22.9. The summed E-state index contributed by atoms with van der Waals surface area (Å²) in [6.45, 7) is 7.56. The largest absolute Gasteiger partial charge is 0.354 e. The quantitative estimate of drug-likeness (QED) is 0.313. The van der Waals surface area contributed by atoms with Crippen molar-refractivity contribution in [3.63, 3.8) is 0 Å². The number of nitrogens with one attached hydrogen (secondary N) is 1. The topological polar surface area (TPSA) is 86.8 Å². The number of hydrogen-bond acceptors (Lipinski definition) is 4. The third-order valence-electron chi connectivity index (χ3n) is 6.46. The van der Waals surface area contributed by atoms with Crippen LogP contribution in [0.25, 0.3) is 0 Å². The molecule has 0 aliphatic carbocycles. The highest BCUT2D eigenvalue weighted by atomic mass is 35.5. The van der Waals surface area contributed by atoms with Gasteiger partial charge in [0.15, 0.2) is 0 Å². The first kappa shape index (κ1) is 30.2. The molecule has 0 bridgehead atoms. The standard InChI is InChI=1S/C30H36ClN3O4S/c1-5-18-32-30(36)27(6-2)33(20-24-12-10-11-15-26(24)31)29(35)21-34(28-17-16-22(3)19-23(28)4)39(37,38)25-13-8-7-9-14-25/h7-17,19,27H,5-6,18,20-21H2,1-4H3,(H,32,36)/t27-/m0/s1. The van der Waals surface area contributed by atoms with Gasteiger partial charge in [-0.2, -0.15) is 0 Å². The molecule has 0 saturated heterocycles. The van der Waals surface area contributed by atoms with Gasteiger partial charge in [-0.1, -0.05) is 79.5 Å². The molecule has 0 aromatic heterocycles. The summed E-state index contributed by atoms with van der Waals surface area (Å²) in [6.07, 6.45) is 1.09. The van der Waals surface area contributed by atoms with Gasteiger partial charge in [0.2, 0.25) is 11.8 Å². The van der Waals surface area contributed by atoms with Crippen molar-refractivity contribution < 1.29 is 18.0 Å². The first-order valence-corrected chi connectivity index (χ1v) is 14.9. The number of aryl methyl sites for hydroxylation is 2. The van der Waals surface area contributed by atoms with Crippen molar-refractivity contribution in [2.75, 3.05) is 17.4 Å². The van der Waals surface area contributed by atoms with Crippen LogP contribution in [0, 0.1) is 13.8 Å². The number of sulfonamides is 1. The fourth-order valence-electron chi connectivity index (χ4n) is 4.41. The summed E-state index contributed by atoms with van der Waals surface area (Å²) in [5.74, 6) is -0.795. The van der Waals surface area contributed by atoms with E-state index in [0.29, 0.717) is 34.8 Å². The molecule has 7 nitrogen and oxygen atoms in total. The molecule has 0 heterocycles. The lowest BCUT2D eigenvalue weighted by Crippen LogP contribution is -2.52. The fourth-order valence-corrected chi connectivity index (χ4v) is 6.11. The molecule has 1 atom stereocenters. The maximum Gasteiger partial charge on any atom is 0.264 e.